The number of anilines is 3. The Morgan fingerprint density at radius 2 is 1.95 bits per heavy atom. The quantitative estimate of drug-likeness (QED) is 0.194. The minimum Gasteiger partial charge on any atom is -0.492 e. The van der Waals surface area contributed by atoms with E-state index in [9.17, 15) is 10.1 Å². The van der Waals surface area contributed by atoms with Gasteiger partial charge in [0.1, 0.15) is 24.2 Å². The summed E-state index contributed by atoms with van der Waals surface area (Å²) in [6.07, 6.45) is 6.44. The molecule has 0 aliphatic rings. The van der Waals surface area contributed by atoms with Crippen LogP contribution in [0.5, 0.6) is 11.5 Å². The largest absolute Gasteiger partial charge is 0.492 e. The Balaban J connectivity index is 0.00000462. The van der Waals surface area contributed by atoms with Crippen molar-refractivity contribution in [2.45, 2.75) is 13.5 Å². The minimum absolute atomic E-state index is 0. The van der Waals surface area contributed by atoms with Crippen molar-refractivity contribution in [2.24, 2.45) is 0 Å². The molecule has 1 amide bonds. The number of ether oxygens (including phenoxy) is 2. The number of nitrogens with one attached hydrogen (secondary N) is 2. The molecule has 9 nitrogen and oxygen atoms in total. The molecule has 0 aliphatic heterocycles. The fraction of sp³-hybridized carbons (Fsp3) is 0.200. The van der Waals surface area contributed by atoms with Gasteiger partial charge in [0.15, 0.2) is 0 Å². The standard InChI is InChI=1S/C30H29ClN6O3.ClH/c1-4-39-28-16-25-23(15-26(28)36-29(38)9-7-13-37(2)3)30(20(17-32)18-34-25)35-21-10-11-27(24(31)14-21)40-19-22-8-5-6-12-33-22;/h5-12,14-16,18H,4,13,19H2,1-3H3,(H,34,35)(H,36,38);1H/b9-7+;. The van der Waals surface area contributed by atoms with Crippen LogP contribution >= 0.6 is 24.0 Å². The Morgan fingerprint density at radius 1 is 1.12 bits per heavy atom. The molecule has 0 atom stereocenters. The third-order valence-corrected chi connectivity index (χ3v) is 5.99. The van der Waals surface area contributed by atoms with Crippen LogP contribution in [-0.2, 0) is 11.4 Å². The van der Waals surface area contributed by atoms with Crippen LogP contribution in [0.25, 0.3) is 10.9 Å². The molecule has 2 aromatic heterocycles. The summed E-state index contributed by atoms with van der Waals surface area (Å²) in [5.74, 6) is 0.686. The van der Waals surface area contributed by atoms with Gasteiger partial charge in [-0.3, -0.25) is 14.8 Å². The highest BCUT2D eigenvalue weighted by molar-refractivity contribution is 6.32. The first kappa shape index (κ1) is 31.2. The SMILES string of the molecule is CCOc1cc2ncc(C#N)c(Nc3ccc(OCc4ccccn4)c(Cl)c3)c2cc1NC(=O)/C=C/CN(C)C.Cl. The summed E-state index contributed by atoms with van der Waals surface area (Å²) in [7, 11) is 3.84. The maximum Gasteiger partial charge on any atom is 0.248 e. The summed E-state index contributed by atoms with van der Waals surface area (Å²) < 4.78 is 11.6. The minimum atomic E-state index is -0.297. The molecule has 2 heterocycles. The smallest absolute Gasteiger partial charge is 0.248 e. The molecule has 2 aromatic carbocycles. The van der Waals surface area contributed by atoms with E-state index in [0.717, 1.165) is 5.69 Å². The van der Waals surface area contributed by atoms with Crippen LogP contribution in [0.1, 0.15) is 18.2 Å². The number of halogens is 2. The van der Waals surface area contributed by atoms with Crippen LogP contribution in [0, 0.1) is 11.3 Å². The molecule has 0 bridgehead atoms. The van der Waals surface area contributed by atoms with E-state index in [0.29, 0.717) is 63.2 Å². The van der Waals surface area contributed by atoms with E-state index < -0.39 is 0 Å². The van der Waals surface area contributed by atoms with Crippen LogP contribution in [0.2, 0.25) is 5.02 Å². The maximum atomic E-state index is 12.6. The van der Waals surface area contributed by atoms with Gasteiger partial charge < -0.3 is 25.0 Å². The zero-order chi connectivity index (χ0) is 28.5. The van der Waals surface area contributed by atoms with Crippen molar-refractivity contribution in [1.82, 2.24) is 14.9 Å². The average Bonchev–Trinajstić information content (AvgIpc) is 2.94. The second kappa shape index (κ2) is 14.9. The molecular weight excluding hydrogens is 563 g/mol. The van der Waals surface area contributed by atoms with E-state index in [1.165, 1.54) is 12.3 Å². The van der Waals surface area contributed by atoms with Crippen LogP contribution in [0.3, 0.4) is 0 Å². The Morgan fingerprint density at radius 3 is 2.63 bits per heavy atom. The Hall–Kier alpha value is -4.36. The fourth-order valence-electron chi connectivity index (χ4n) is 3.83. The summed E-state index contributed by atoms with van der Waals surface area (Å²) in [6.45, 7) is 3.17. The summed E-state index contributed by atoms with van der Waals surface area (Å²) >= 11 is 6.52. The Kier molecular flexibility index (Phi) is 11.3. The molecule has 2 N–H and O–H groups in total. The third-order valence-electron chi connectivity index (χ3n) is 5.69. The highest BCUT2D eigenvalue weighted by Gasteiger charge is 2.16. The van der Waals surface area contributed by atoms with E-state index in [-0.39, 0.29) is 24.9 Å². The lowest BCUT2D eigenvalue weighted by Gasteiger charge is -2.16. The van der Waals surface area contributed by atoms with Crippen LogP contribution in [0.15, 0.2) is 73.1 Å². The summed E-state index contributed by atoms with van der Waals surface area (Å²) in [5, 5.41) is 17.0. The van der Waals surface area contributed by atoms with Gasteiger partial charge in [0.05, 0.1) is 39.8 Å². The number of benzene rings is 2. The van der Waals surface area contributed by atoms with Crippen molar-refractivity contribution < 1.29 is 14.3 Å². The van der Waals surface area contributed by atoms with Gasteiger partial charge in [-0.1, -0.05) is 23.7 Å². The molecule has 0 unspecified atom stereocenters. The number of aromatic nitrogens is 2. The second-order valence-corrected chi connectivity index (χ2v) is 9.40. The van der Waals surface area contributed by atoms with Gasteiger partial charge in [-0.05, 0) is 57.4 Å². The first-order valence-electron chi connectivity index (χ1n) is 12.6. The number of carbonyl (C=O) groups excluding carboxylic acids is 1. The number of rotatable bonds is 11. The third kappa shape index (κ3) is 8.32. The van der Waals surface area contributed by atoms with E-state index in [4.69, 9.17) is 21.1 Å². The van der Waals surface area contributed by atoms with Gasteiger partial charge >= 0.3 is 0 Å². The van der Waals surface area contributed by atoms with E-state index in [1.807, 2.05) is 44.1 Å². The highest BCUT2D eigenvalue weighted by atomic mass is 35.5. The second-order valence-electron chi connectivity index (χ2n) is 8.99. The van der Waals surface area contributed by atoms with Crippen molar-refractivity contribution in [2.75, 3.05) is 37.9 Å². The number of fused-ring (bicyclic) bond motifs is 1. The van der Waals surface area contributed by atoms with Crippen molar-refractivity contribution in [3.63, 3.8) is 0 Å². The Bertz CT molecular complexity index is 1570. The number of likely N-dealkylation sites (N-methyl/N-ethyl adjacent to an activating group) is 1. The lowest BCUT2D eigenvalue weighted by Crippen LogP contribution is -2.13. The first-order valence-corrected chi connectivity index (χ1v) is 13.0. The Labute approximate surface area is 250 Å². The molecule has 0 spiro atoms. The predicted octanol–water partition coefficient (Wildman–Crippen LogP) is 6.35. The number of pyridine rings is 2. The number of hydrogen-bond acceptors (Lipinski definition) is 8. The number of nitrogens with zero attached hydrogens (tertiary/aromatic N) is 4. The normalized spacial score (nSPS) is 10.7. The van der Waals surface area contributed by atoms with E-state index in [2.05, 4.69) is 26.7 Å². The molecule has 41 heavy (non-hydrogen) atoms. The zero-order valence-electron chi connectivity index (χ0n) is 22.8. The lowest BCUT2D eigenvalue weighted by molar-refractivity contribution is -0.111. The average molecular weight is 594 g/mol. The van der Waals surface area contributed by atoms with Crippen LogP contribution in [0.4, 0.5) is 17.1 Å². The van der Waals surface area contributed by atoms with E-state index >= 15 is 0 Å². The summed E-state index contributed by atoms with van der Waals surface area (Å²) in [6, 6.07) is 16.6. The number of amides is 1. The van der Waals surface area contributed by atoms with Gasteiger partial charge in [-0.15, -0.1) is 12.4 Å². The van der Waals surface area contributed by atoms with E-state index in [1.54, 1.807) is 42.6 Å². The summed E-state index contributed by atoms with van der Waals surface area (Å²) in [4.78, 5) is 23.3. The highest BCUT2D eigenvalue weighted by Crippen LogP contribution is 2.37. The molecule has 0 saturated heterocycles. The van der Waals surface area contributed by atoms with Crippen molar-refractivity contribution in [1.29, 1.82) is 5.26 Å². The van der Waals surface area contributed by atoms with Crippen LogP contribution in [-0.4, -0.2) is 48.0 Å². The molecule has 0 saturated carbocycles. The maximum absolute atomic E-state index is 12.6. The molecule has 11 heteroatoms. The van der Waals surface area contributed by atoms with Crippen molar-refractivity contribution >= 4 is 57.9 Å². The van der Waals surface area contributed by atoms with Crippen LogP contribution < -0.4 is 20.1 Å². The fourth-order valence-corrected chi connectivity index (χ4v) is 4.07. The van der Waals surface area contributed by atoms with Gasteiger partial charge in [-0.2, -0.15) is 5.26 Å². The molecule has 4 aromatic rings. The summed E-state index contributed by atoms with van der Waals surface area (Å²) in [5.41, 5.74) is 3.33. The monoisotopic (exact) mass is 592 g/mol. The van der Waals surface area contributed by atoms with Gasteiger partial charge in [-0.25, -0.2) is 0 Å². The molecule has 212 valence electrons. The first-order chi connectivity index (χ1) is 19.4. The lowest BCUT2D eigenvalue weighted by atomic mass is 10.1. The predicted molar refractivity (Wildman–Crippen MR) is 165 cm³/mol. The van der Waals surface area contributed by atoms with Crippen molar-refractivity contribution in [3.05, 3.63) is 89.4 Å². The topological polar surface area (TPSA) is 112 Å². The van der Waals surface area contributed by atoms with Gasteiger partial charge in [0.2, 0.25) is 5.91 Å². The van der Waals surface area contributed by atoms with Crippen molar-refractivity contribution in [3.8, 4) is 17.6 Å². The molecule has 0 fully saturated rings. The molecular formula is C30H30Cl2N6O3. The number of nitriles is 1. The van der Waals surface area contributed by atoms with Gasteiger partial charge in [0.25, 0.3) is 0 Å². The molecule has 4 rings (SSSR count). The molecule has 0 radical (unpaired) electrons. The molecule has 0 aliphatic carbocycles. The number of hydrogen-bond donors (Lipinski definition) is 2. The van der Waals surface area contributed by atoms with Gasteiger partial charge in [0, 0.05) is 42.2 Å². The number of carbonyl (C=O) groups is 1. The zero-order valence-corrected chi connectivity index (χ0v) is 24.4.